The Bertz CT molecular complexity index is 482. The highest BCUT2D eigenvalue weighted by molar-refractivity contribution is 5.94. The van der Waals surface area contributed by atoms with Gasteiger partial charge in [-0.2, -0.15) is 0 Å². The number of hydrogen-bond acceptors (Lipinski definition) is 4. The Labute approximate surface area is 112 Å². The van der Waals surface area contributed by atoms with Crippen molar-refractivity contribution in [1.82, 2.24) is 4.57 Å². The molecule has 0 spiro atoms. The normalized spacial score (nSPS) is 12.5. The second-order valence-electron chi connectivity index (χ2n) is 4.70. The third kappa shape index (κ3) is 4.50. The number of nitrogens with two attached hydrogens (primary N) is 1. The van der Waals surface area contributed by atoms with Gasteiger partial charge in [0.05, 0.1) is 18.3 Å². The van der Waals surface area contributed by atoms with Gasteiger partial charge in [0.15, 0.2) is 0 Å². The van der Waals surface area contributed by atoms with Gasteiger partial charge in [0, 0.05) is 25.9 Å². The van der Waals surface area contributed by atoms with Crippen molar-refractivity contribution in [3.63, 3.8) is 0 Å². The third-order valence-electron chi connectivity index (χ3n) is 2.81. The summed E-state index contributed by atoms with van der Waals surface area (Å²) >= 11 is 0. The lowest BCUT2D eigenvalue weighted by atomic mass is 10.1. The van der Waals surface area contributed by atoms with Crippen molar-refractivity contribution < 1.29 is 9.53 Å². The molecule has 0 aliphatic carbocycles. The molecule has 0 bridgehead atoms. The summed E-state index contributed by atoms with van der Waals surface area (Å²) in [5, 5.41) is 2.70. The number of anilines is 1. The number of nitrogens with one attached hydrogen (secondary N) is 1. The average molecular weight is 267 g/mol. The fourth-order valence-corrected chi connectivity index (χ4v) is 1.50. The maximum Gasteiger partial charge on any atom is 0.250 e. The molecule has 106 valence electrons. The van der Waals surface area contributed by atoms with E-state index in [2.05, 4.69) is 5.32 Å². The zero-order valence-electron chi connectivity index (χ0n) is 11.6. The number of carbonyl (C=O) groups excluding carboxylic acids is 1. The van der Waals surface area contributed by atoms with E-state index in [1.54, 1.807) is 19.4 Å². The molecule has 0 aliphatic heterocycles. The lowest BCUT2D eigenvalue weighted by molar-refractivity contribution is -0.118. The maximum absolute atomic E-state index is 11.8. The van der Waals surface area contributed by atoms with Gasteiger partial charge in [-0.1, -0.05) is 13.8 Å². The molecule has 1 rings (SSSR count). The van der Waals surface area contributed by atoms with Gasteiger partial charge in [-0.3, -0.25) is 9.59 Å². The number of amides is 1. The van der Waals surface area contributed by atoms with Crippen LogP contribution in [0.5, 0.6) is 0 Å². The van der Waals surface area contributed by atoms with Crippen LogP contribution in [0.3, 0.4) is 0 Å². The Morgan fingerprint density at radius 3 is 2.74 bits per heavy atom. The number of hydrogen-bond donors (Lipinski definition) is 2. The number of carbonyl (C=O) groups is 1. The van der Waals surface area contributed by atoms with E-state index < -0.39 is 6.04 Å². The monoisotopic (exact) mass is 267 g/mol. The molecule has 0 aliphatic rings. The van der Waals surface area contributed by atoms with Crippen molar-refractivity contribution >= 4 is 11.6 Å². The first-order valence-corrected chi connectivity index (χ1v) is 6.21. The number of ether oxygens (including phenoxy) is 1. The van der Waals surface area contributed by atoms with Gasteiger partial charge >= 0.3 is 0 Å². The minimum absolute atomic E-state index is 0.0550. The highest BCUT2D eigenvalue weighted by atomic mass is 16.5. The lowest BCUT2D eigenvalue weighted by Crippen LogP contribution is -2.40. The molecule has 6 nitrogen and oxygen atoms in total. The smallest absolute Gasteiger partial charge is 0.250 e. The van der Waals surface area contributed by atoms with E-state index in [0.717, 1.165) is 0 Å². The summed E-state index contributed by atoms with van der Waals surface area (Å²) in [6.45, 7) is 4.63. The van der Waals surface area contributed by atoms with Crippen LogP contribution in [0.15, 0.2) is 23.1 Å². The minimum atomic E-state index is -0.570. The van der Waals surface area contributed by atoms with Crippen LogP contribution < -0.4 is 16.6 Å². The summed E-state index contributed by atoms with van der Waals surface area (Å²) in [7, 11) is 1.57. The lowest BCUT2D eigenvalue weighted by Gasteiger charge is -2.16. The summed E-state index contributed by atoms with van der Waals surface area (Å²) in [5.74, 6) is -0.202. The summed E-state index contributed by atoms with van der Waals surface area (Å²) in [5.41, 5.74) is 6.17. The summed E-state index contributed by atoms with van der Waals surface area (Å²) in [4.78, 5) is 23.4. The maximum atomic E-state index is 11.8. The fourth-order valence-electron chi connectivity index (χ4n) is 1.50. The van der Waals surface area contributed by atoms with E-state index in [1.807, 2.05) is 13.8 Å². The van der Waals surface area contributed by atoms with Gasteiger partial charge < -0.3 is 20.4 Å². The fraction of sp³-hybridized carbons (Fsp3) is 0.538. The van der Waals surface area contributed by atoms with E-state index in [9.17, 15) is 9.59 Å². The Morgan fingerprint density at radius 2 is 2.16 bits per heavy atom. The molecular formula is C13H21N3O3. The van der Waals surface area contributed by atoms with Crippen molar-refractivity contribution in [2.45, 2.75) is 26.4 Å². The van der Waals surface area contributed by atoms with Crippen LogP contribution in [-0.2, 0) is 16.1 Å². The Kier molecular flexibility index (Phi) is 5.72. The summed E-state index contributed by atoms with van der Waals surface area (Å²) in [6, 6.07) is 2.40. The molecular weight excluding hydrogens is 246 g/mol. The molecule has 1 amide bonds. The molecule has 19 heavy (non-hydrogen) atoms. The Balaban J connectivity index is 2.79. The number of methoxy groups -OCH3 is 1. The summed E-state index contributed by atoms with van der Waals surface area (Å²) in [6.07, 6.45) is 1.59. The van der Waals surface area contributed by atoms with Crippen LogP contribution in [0.4, 0.5) is 5.69 Å². The first-order chi connectivity index (χ1) is 8.95. The second-order valence-corrected chi connectivity index (χ2v) is 4.70. The van der Waals surface area contributed by atoms with Crippen LogP contribution in [-0.4, -0.2) is 30.2 Å². The van der Waals surface area contributed by atoms with Crippen molar-refractivity contribution in [2.75, 3.05) is 19.0 Å². The Morgan fingerprint density at radius 1 is 1.47 bits per heavy atom. The zero-order chi connectivity index (χ0) is 14.4. The van der Waals surface area contributed by atoms with Crippen molar-refractivity contribution in [3.05, 3.63) is 28.7 Å². The van der Waals surface area contributed by atoms with E-state index in [1.165, 1.54) is 10.6 Å². The van der Waals surface area contributed by atoms with Crippen molar-refractivity contribution in [1.29, 1.82) is 0 Å². The minimum Gasteiger partial charge on any atom is -0.383 e. The van der Waals surface area contributed by atoms with Gasteiger partial charge in [0.1, 0.15) is 0 Å². The predicted octanol–water partition coefficient (Wildman–Crippen LogP) is 0.416. The van der Waals surface area contributed by atoms with Gasteiger partial charge in [-0.25, -0.2) is 0 Å². The molecule has 0 fully saturated rings. The number of nitrogens with zero attached hydrogens (tertiary/aromatic N) is 1. The number of rotatable bonds is 6. The molecule has 3 N–H and O–H groups in total. The molecule has 0 saturated carbocycles. The molecule has 0 saturated heterocycles. The van der Waals surface area contributed by atoms with E-state index in [0.29, 0.717) is 18.8 Å². The molecule has 1 atom stereocenters. The topological polar surface area (TPSA) is 86.3 Å². The molecule has 1 aromatic heterocycles. The second kappa shape index (κ2) is 7.06. The summed E-state index contributed by atoms with van der Waals surface area (Å²) < 4.78 is 6.41. The quantitative estimate of drug-likeness (QED) is 0.782. The number of pyridine rings is 1. The molecule has 1 aromatic rings. The zero-order valence-corrected chi connectivity index (χ0v) is 11.6. The van der Waals surface area contributed by atoms with Crippen molar-refractivity contribution in [2.24, 2.45) is 11.7 Å². The Hall–Kier alpha value is -1.66. The van der Waals surface area contributed by atoms with Gasteiger partial charge in [0.2, 0.25) is 5.91 Å². The number of aromatic nitrogens is 1. The van der Waals surface area contributed by atoms with Gasteiger partial charge in [0.25, 0.3) is 5.56 Å². The highest BCUT2D eigenvalue weighted by Gasteiger charge is 2.17. The van der Waals surface area contributed by atoms with Crippen molar-refractivity contribution in [3.8, 4) is 0 Å². The van der Waals surface area contributed by atoms with Crippen LogP contribution in [0.1, 0.15) is 13.8 Å². The standard InChI is InChI=1S/C13H21N3O3/c1-9(2)12(14)13(18)15-10-4-5-11(17)16(8-10)6-7-19-3/h4-5,8-9,12H,6-7,14H2,1-3H3,(H,15,18). The van der Waals surface area contributed by atoms with E-state index in [-0.39, 0.29) is 17.4 Å². The molecule has 6 heteroatoms. The van der Waals surface area contributed by atoms with Crippen LogP contribution >= 0.6 is 0 Å². The first-order valence-electron chi connectivity index (χ1n) is 6.21. The van der Waals surface area contributed by atoms with Gasteiger partial charge in [-0.15, -0.1) is 0 Å². The average Bonchev–Trinajstić information content (AvgIpc) is 2.38. The van der Waals surface area contributed by atoms with Crippen LogP contribution in [0.2, 0.25) is 0 Å². The highest BCUT2D eigenvalue weighted by Crippen LogP contribution is 2.06. The molecule has 1 heterocycles. The third-order valence-corrected chi connectivity index (χ3v) is 2.81. The van der Waals surface area contributed by atoms with E-state index >= 15 is 0 Å². The SMILES string of the molecule is COCCn1cc(NC(=O)C(N)C(C)C)ccc1=O. The van der Waals surface area contributed by atoms with Gasteiger partial charge in [-0.05, 0) is 12.0 Å². The largest absolute Gasteiger partial charge is 0.383 e. The molecule has 0 radical (unpaired) electrons. The predicted molar refractivity (Wildman–Crippen MR) is 74.0 cm³/mol. The van der Waals surface area contributed by atoms with E-state index in [4.69, 9.17) is 10.5 Å². The van der Waals surface area contributed by atoms with Crippen LogP contribution in [0.25, 0.3) is 0 Å². The molecule has 1 unspecified atom stereocenters. The molecule has 0 aromatic carbocycles. The van der Waals surface area contributed by atoms with Crippen LogP contribution in [0, 0.1) is 5.92 Å². The first kappa shape index (κ1) is 15.4.